The van der Waals surface area contributed by atoms with Gasteiger partial charge in [-0.2, -0.15) is 0 Å². The Bertz CT molecular complexity index is 327. The first-order valence-electron chi connectivity index (χ1n) is 4.91. The number of nitrogens with zero attached hydrogens (tertiary/aromatic N) is 2. The molecule has 1 aliphatic rings. The number of imidazole rings is 1. The first kappa shape index (κ1) is 9.40. The van der Waals surface area contributed by atoms with E-state index in [4.69, 9.17) is 4.74 Å². The van der Waals surface area contributed by atoms with E-state index in [0.29, 0.717) is 12.3 Å². The van der Waals surface area contributed by atoms with E-state index in [1.54, 1.807) is 17.1 Å². The molecule has 14 heavy (non-hydrogen) atoms. The highest BCUT2D eigenvalue weighted by Crippen LogP contribution is 2.16. The average molecular weight is 194 g/mol. The van der Waals surface area contributed by atoms with Crippen molar-refractivity contribution in [2.45, 2.75) is 25.4 Å². The Kier molecular flexibility index (Phi) is 2.63. The summed E-state index contributed by atoms with van der Waals surface area (Å²) in [6.07, 6.45) is 6.07. The molecule has 1 aromatic rings. The van der Waals surface area contributed by atoms with Gasteiger partial charge in [0.2, 0.25) is 5.78 Å². The van der Waals surface area contributed by atoms with Crippen LogP contribution in [0.5, 0.6) is 0 Å². The van der Waals surface area contributed by atoms with Crippen LogP contribution in [0.2, 0.25) is 0 Å². The third-order valence-corrected chi connectivity index (χ3v) is 2.43. The minimum atomic E-state index is -0.265. The number of Topliss-reactive ketones (excluding diaryl/α,β-unsaturated/α-hetero) is 1. The molecule has 1 aromatic heterocycles. The van der Waals surface area contributed by atoms with Crippen LogP contribution >= 0.6 is 0 Å². The molecule has 4 heteroatoms. The molecule has 1 atom stereocenters. The molecule has 0 saturated carbocycles. The first-order valence-corrected chi connectivity index (χ1v) is 4.91. The van der Waals surface area contributed by atoms with Gasteiger partial charge >= 0.3 is 0 Å². The number of carbonyl (C=O) groups is 1. The SMILES string of the molecule is Cn1cnc(C(=O)C2CCCCO2)c1. The molecule has 0 amide bonds. The van der Waals surface area contributed by atoms with Crippen molar-refractivity contribution in [3.8, 4) is 0 Å². The second-order valence-electron chi connectivity index (χ2n) is 3.64. The smallest absolute Gasteiger partial charge is 0.211 e. The van der Waals surface area contributed by atoms with E-state index in [0.717, 1.165) is 19.3 Å². The van der Waals surface area contributed by atoms with Crippen LogP contribution in [-0.4, -0.2) is 28.0 Å². The van der Waals surface area contributed by atoms with E-state index in [1.165, 1.54) is 0 Å². The van der Waals surface area contributed by atoms with Gasteiger partial charge in [-0.25, -0.2) is 4.98 Å². The van der Waals surface area contributed by atoms with Crippen LogP contribution in [0.4, 0.5) is 0 Å². The van der Waals surface area contributed by atoms with E-state index >= 15 is 0 Å². The topological polar surface area (TPSA) is 44.1 Å². The van der Waals surface area contributed by atoms with Gasteiger partial charge in [0.05, 0.1) is 6.33 Å². The van der Waals surface area contributed by atoms with Crippen LogP contribution in [0.3, 0.4) is 0 Å². The zero-order valence-corrected chi connectivity index (χ0v) is 8.27. The lowest BCUT2D eigenvalue weighted by atomic mass is 10.0. The highest BCUT2D eigenvalue weighted by Gasteiger charge is 2.24. The molecule has 0 radical (unpaired) electrons. The van der Waals surface area contributed by atoms with Gasteiger partial charge in [0.15, 0.2) is 0 Å². The predicted molar refractivity (Wildman–Crippen MR) is 51.1 cm³/mol. The molecule has 0 aliphatic carbocycles. The summed E-state index contributed by atoms with van der Waals surface area (Å²) in [4.78, 5) is 15.8. The first-order chi connectivity index (χ1) is 6.77. The summed E-state index contributed by atoms with van der Waals surface area (Å²) in [7, 11) is 1.85. The second-order valence-corrected chi connectivity index (χ2v) is 3.64. The van der Waals surface area contributed by atoms with Gasteiger partial charge < -0.3 is 9.30 Å². The number of rotatable bonds is 2. The predicted octanol–water partition coefficient (Wildman–Crippen LogP) is 1.17. The fourth-order valence-corrected chi connectivity index (χ4v) is 1.65. The maximum atomic E-state index is 11.8. The van der Waals surface area contributed by atoms with Crippen molar-refractivity contribution in [3.05, 3.63) is 18.2 Å². The number of hydrogen-bond acceptors (Lipinski definition) is 3. The molecule has 1 fully saturated rings. The van der Waals surface area contributed by atoms with Crippen molar-refractivity contribution in [2.75, 3.05) is 6.61 Å². The summed E-state index contributed by atoms with van der Waals surface area (Å²) in [6, 6.07) is 0. The zero-order chi connectivity index (χ0) is 9.97. The van der Waals surface area contributed by atoms with E-state index in [9.17, 15) is 4.79 Å². The maximum absolute atomic E-state index is 11.8. The van der Waals surface area contributed by atoms with Crippen LogP contribution in [0.1, 0.15) is 29.8 Å². The number of hydrogen-bond donors (Lipinski definition) is 0. The van der Waals surface area contributed by atoms with Crippen molar-refractivity contribution in [2.24, 2.45) is 7.05 Å². The van der Waals surface area contributed by atoms with Crippen molar-refractivity contribution >= 4 is 5.78 Å². The zero-order valence-electron chi connectivity index (χ0n) is 8.27. The molecule has 1 aliphatic heterocycles. The van der Waals surface area contributed by atoms with Crippen molar-refractivity contribution in [1.82, 2.24) is 9.55 Å². The Morgan fingerprint density at radius 2 is 2.50 bits per heavy atom. The van der Waals surface area contributed by atoms with Crippen LogP contribution in [0.15, 0.2) is 12.5 Å². The highest BCUT2D eigenvalue weighted by molar-refractivity contribution is 5.97. The lowest BCUT2D eigenvalue weighted by Crippen LogP contribution is -2.28. The van der Waals surface area contributed by atoms with E-state index in [2.05, 4.69) is 4.98 Å². The quantitative estimate of drug-likeness (QED) is 0.664. The molecule has 76 valence electrons. The van der Waals surface area contributed by atoms with Gasteiger partial charge in [-0.05, 0) is 19.3 Å². The van der Waals surface area contributed by atoms with Crippen LogP contribution in [0.25, 0.3) is 0 Å². The summed E-state index contributed by atoms with van der Waals surface area (Å²) in [6.45, 7) is 0.698. The van der Waals surface area contributed by atoms with Crippen LogP contribution in [0, 0.1) is 0 Å². The molecule has 4 nitrogen and oxygen atoms in total. The number of carbonyl (C=O) groups excluding carboxylic acids is 1. The maximum Gasteiger partial charge on any atom is 0.211 e. The van der Waals surface area contributed by atoms with Gasteiger partial charge in [0.25, 0.3) is 0 Å². The molecule has 0 spiro atoms. The largest absolute Gasteiger partial charge is 0.370 e. The van der Waals surface area contributed by atoms with Gasteiger partial charge in [0.1, 0.15) is 11.8 Å². The molecule has 2 heterocycles. The number of aromatic nitrogens is 2. The Morgan fingerprint density at radius 3 is 3.07 bits per heavy atom. The van der Waals surface area contributed by atoms with Crippen LogP contribution < -0.4 is 0 Å². The normalized spacial score (nSPS) is 22.2. The average Bonchev–Trinajstić information content (AvgIpc) is 2.65. The van der Waals surface area contributed by atoms with Gasteiger partial charge in [-0.15, -0.1) is 0 Å². The van der Waals surface area contributed by atoms with Crippen molar-refractivity contribution in [3.63, 3.8) is 0 Å². The molecular formula is C10H14N2O2. The number of ether oxygens (including phenoxy) is 1. The summed E-state index contributed by atoms with van der Waals surface area (Å²) < 4.78 is 7.18. The Balaban J connectivity index is 2.07. The number of aryl methyl sites for hydroxylation is 1. The molecule has 0 N–H and O–H groups in total. The molecule has 0 aromatic carbocycles. The standard InChI is InChI=1S/C10H14N2O2/c1-12-6-8(11-7-12)10(13)9-4-2-3-5-14-9/h6-7,9H,2-5H2,1H3. The van der Waals surface area contributed by atoms with Gasteiger partial charge in [-0.1, -0.05) is 0 Å². The summed E-state index contributed by atoms with van der Waals surface area (Å²) >= 11 is 0. The lowest BCUT2D eigenvalue weighted by molar-refractivity contribution is 0.0183. The summed E-state index contributed by atoms with van der Waals surface area (Å²) in [5.41, 5.74) is 0.513. The number of ketones is 1. The monoisotopic (exact) mass is 194 g/mol. The molecule has 0 bridgehead atoms. The summed E-state index contributed by atoms with van der Waals surface area (Å²) in [5, 5.41) is 0. The van der Waals surface area contributed by atoms with Gasteiger partial charge in [0, 0.05) is 19.9 Å². The van der Waals surface area contributed by atoms with E-state index in [-0.39, 0.29) is 11.9 Å². The van der Waals surface area contributed by atoms with Crippen molar-refractivity contribution in [1.29, 1.82) is 0 Å². The van der Waals surface area contributed by atoms with Gasteiger partial charge in [-0.3, -0.25) is 4.79 Å². The fraction of sp³-hybridized carbons (Fsp3) is 0.600. The molecule has 1 saturated heterocycles. The molecular weight excluding hydrogens is 180 g/mol. The molecule has 1 unspecified atom stereocenters. The Morgan fingerprint density at radius 1 is 1.64 bits per heavy atom. The third-order valence-electron chi connectivity index (χ3n) is 2.43. The Labute approximate surface area is 82.9 Å². The highest BCUT2D eigenvalue weighted by atomic mass is 16.5. The van der Waals surface area contributed by atoms with Crippen molar-refractivity contribution < 1.29 is 9.53 Å². The lowest BCUT2D eigenvalue weighted by Gasteiger charge is -2.20. The fourth-order valence-electron chi connectivity index (χ4n) is 1.65. The second kappa shape index (κ2) is 3.92. The van der Waals surface area contributed by atoms with Crippen LogP contribution in [-0.2, 0) is 11.8 Å². The molecule has 2 rings (SSSR count). The Hall–Kier alpha value is -1.16. The van der Waals surface area contributed by atoms with E-state index in [1.807, 2.05) is 7.05 Å². The minimum Gasteiger partial charge on any atom is -0.370 e. The van der Waals surface area contributed by atoms with E-state index < -0.39 is 0 Å². The minimum absolute atomic E-state index is 0.0188. The summed E-state index contributed by atoms with van der Waals surface area (Å²) in [5.74, 6) is 0.0188. The third kappa shape index (κ3) is 1.85.